The fourth-order valence-electron chi connectivity index (χ4n) is 1.06. The third-order valence-corrected chi connectivity index (χ3v) is 1.80. The molecule has 0 aromatic heterocycles. The Hall–Kier alpha value is -0.340. The molecular weight excluding hydrogens is 152 g/mol. The summed E-state index contributed by atoms with van der Waals surface area (Å²) in [6.07, 6.45) is 4.56. The molecule has 0 fully saturated rings. The molecule has 0 rings (SSSR count). The van der Waals surface area contributed by atoms with Crippen molar-refractivity contribution in [2.24, 2.45) is 0 Å². The SMILES string of the molecule is C/C(=C/CO)CCCC(C)(C)O. The van der Waals surface area contributed by atoms with Gasteiger partial charge < -0.3 is 10.2 Å². The summed E-state index contributed by atoms with van der Waals surface area (Å²) in [5, 5.41) is 18.0. The van der Waals surface area contributed by atoms with E-state index in [1.807, 2.05) is 26.8 Å². The van der Waals surface area contributed by atoms with Crippen LogP contribution in [0.15, 0.2) is 11.6 Å². The Kier molecular flexibility index (Phi) is 5.18. The largest absolute Gasteiger partial charge is 0.392 e. The number of aliphatic hydroxyl groups is 2. The number of hydrogen-bond donors (Lipinski definition) is 2. The lowest BCUT2D eigenvalue weighted by atomic mass is 9.99. The van der Waals surface area contributed by atoms with Crippen LogP contribution in [0.5, 0.6) is 0 Å². The van der Waals surface area contributed by atoms with Gasteiger partial charge in [-0.25, -0.2) is 0 Å². The van der Waals surface area contributed by atoms with Crippen LogP contribution in [0.1, 0.15) is 40.0 Å². The summed E-state index contributed by atoms with van der Waals surface area (Å²) in [6, 6.07) is 0. The molecule has 0 aromatic carbocycles. The van der Waals surface area contributed by atoms with Crippen molar-refractivity contribution >= 4 is 0 Å². The molecule has 0 aliphatic heterocycles. The summed E-state index contributed by atoms with van der Waals surface area (Å²) in [5.41, 5.74) is 0.640. The highest BCUT2D eigenvalue weighted by Crippen LogP contribution is 2.14. The lowest BCUT2D eigenvalue weighted by molar-refractivity contribution is 0.0689. The van der Waals surface area contributed by atoms with Crippen LogP contribution >= 0.6 is 0 Å². The first-order valence-corrected chi connectivity index (χ1v) is 4.44. The van der Waals surface area contributed by atoms with Crippen molar-refractivity contribution in [2.45, 2.75) is 45.6 Å². The van der Waals surface area contributed by atoms with Gasteiger partial charge in [0, 0.05) is 0 Å². The quantitative estimate of drug-likeness (QED) is 0.621. The Morgan fingerprint density at radius 2 is 2.00 bits per heavy atom. The lowest BCUT2D eigenvalue weighted by Gasteiger charge is -2.16. The van der Waals surface area contributed by atoms with Crippen molar-refractivity contribution in [3.05, 3.63) is 11.6 Å². The molecule has 2 nitrogen and oxygen atoms in total. The molecule has 0 heterocycles. The van der Waals surface area contributed by atoms with Gasteiger partial charge in [0.15, 0.2) is 0 Å². The zero-order valence-corrected chi connectivity index (χ0v) is 8.30. The summed E-state index contributed by atoms with van der Waals surface area (Å²) >= 11 is 0. The molecule has 72 valence electrons. The van der Waals surface area contributed by atoms with Crippen LogP contribution in [0.4, 0.5) is 0 Å². The Balaban J connectivity index is 3.50. The fraction of sp³-hybridized carbons (Fsp3) is 0.800. The first kappa shape index (κ1) is 11.7. The topological polar surface area (TPSA) is 40.5 Å². The highest BCUT2D eigenvalue weighted by Gasteiger charge is 2.10. The highest BCUT2D eigenvalue weighted by molar-refractivity contribution is 4.97. The molecule has 0 unspecified atom stereocenters. The van der Waals surface area contributed by atoms with Crippen LogP contribution in [-0.4, -0.2) is 22.4 Å². The average Bonchev–Trinajstić information content (AvgIpc) is 1.84. The van der Waals surface area contributed by atoms with Crippen LogP contribution in [0.25, 0.3) is 0 Å². The first-order valence-electron chi connectivity index (χ1n) is 4.44. The minimum Gasteiger partial charge on any atom is -0.392 e. The molecule has 0 aliphatic carbocycles. The van der Waals surface area contributed by atoms with E-state index < -0.39 is 5.60 Å². The van der Waals surface area contributed by atoms with Crippen LogP contribution in [0, 0.1) is 0 Å². The van der Waals surface area contributed by atoms with Crippen molar-refractivity contribution < 1.29 is 10.2 Å². The molecule has 0 aliphatic rings. The molecule has 0 aromatic rings. The monoisotopic (exact) mass is 172 g/mol. The van der Waals surface area contributed by atoms with Gasteiger partial charge in [-0.3, -0.25) is 0 Å². The molecule has 0 saturated heterocycles. The van der Waals surface area contributed by atoms with Crippen LogP contribution < -0.4 is 0 Å². The zero-order chi connectivity index (χ0) is 9.61. The van der Waals surface area contributed by atoms with E-state index in [-0.39, 0.29) is 6.61 Å². The molecule has 0 saturated carbocycles. The van der Waals surface area contributed by atoms with E-state index in [0.717, 1.165) is 19.3 Å². The standard InChI is InChI=1S/C10H20O2/c1-9(6-8-11)5-4-7-10(2,3)12/h6,11-12H,4-5,7-8H2,1-3H3/b9-6-. The Labute approximate surface area is 74.9 Å². The van der Waals surface area contributed by atoms with Crippen molar-refractivity contribution in [3.63, 3.8) is 0 Å². The lowest BCUT2D eigenvalue weighted by Crippen LogP contribution is -2.17. The maximum atomic E-state index is 9.39. The zero-order valence-electron chi connectivity index (χ0n) is 8.30. The van der Waals surface area contributed by atoms with Crippen molar-refractivity contribution in [2.75, 3.05) is 6.61 Å². The molecule has 0 spiro atoms. The second kappa shape index (κ2) is 5.33. The minimum atomic E-state index is -0.556. The van der Waals surface area contributed by atoms with E-state index in [0.29, 0.717) is 0 Å². The van der Waals surface area contributed by atoms with Gasteiger partial charge in [-0.2, -0.15) is 0 Å². The van der Waals surface area contributed by atoms with Crippen molar-refractivity contribution in [1.82, 2.24) is 0 Å². The van der Waals surface area contributed by atoms with Gasteiger partial charge in [0.1, 0.15) is 0 Å². The smallest absolute Gasteiger partial charge is 0.0614 e. The first-order chi connectivity index (χ1) is 5.45. The maximum Gasteiger partial charge on any atom is 0.0614 e. The average molecular weight is 172 g/mol. The summed E-state index contributed by atoms with van der Waals surface area (Å²) in [5.74, 6) is 0. The predicted molar refractivity (Wildman–Crippen MR) is 51.0 cm³/mol. The van der Waals surface area contributed by atoms with Gasteiger partial charge in [0.2, 0.25) is 0 Å². The number of aliphatic hydroxyl groups excluding tert-OH is 1. The fourth-order valence-corrected chi connectivity index (χ4v) is 1.06. The Bertz CT molecular complexity index is 142. The second-order valence-electron chi connectivity index (χ2n) is 3.90. The van der Waals surface area contributed by atoms with Gasteiger partial charge in [-0.05, 0) is 40.0 Å². The molecule has 2 N–H and O–H groups in total. The molecule has 0 amide bonds. The van der Waals surface area contributed by atoms with Gasteiger partial charge in [0.05, 0.1) is 12.2 Å². The second-order valence-corrected chi connectivity index (χ2v) is 3.90. The van der Waals surface area contributed by atoms with Gasteiger partial charge in [-0.15, -0.1) is 0 Å². The van der Waals surface area contributed by atoms with Gasteiger partial charge >= 0.3 is 0 Å². The third kappa shape index (κ3) is 7.76. The molecule has 0 bridgehead atoms. The molecule has 2 heteroatoms. The highest BCUT2D eigenvalue weighted by atomic mass is 16.3. The minimum absolute atomic E-state index is 0.119. The van der Waals surface area contributed by atoms with E-state index in [4.69, 9.17) is 5.11 Å². The normalized spacial score (nSPS) is 13.6. The van der Waals surface area contributed by atoms with E-state index in [9.17, 15) is 5.11 Å². The summed E-state index contributed by atoms with van der Waals surface area (Å²) in [6.45, 7) is 5.76. The van der Waals surface area contributed by atoms with E-state index in [1.54, 1.807) is 0 Å². The maximum absolute atomic E-state index is 9.39. The van der Waals surface area contributed by atoms with E-state index >= 15 is 0 Å². The van der Waals surface area contributed by atoms with Gasteiger partial charge in [0.25, 0.3) is 0 Å². The number of rotatable bonds is 5. The van der Waals surface area contributed by atoms with Crippen LogP contribution in [-0.2, 0) is 0 Å². The van der Waals surface area contributed by atoms with Crippen LogP contribution in [0.2, 0.25) is 0 Å². The van der Waals surface area contributed by atoms with Crippen molar-refractivity contribution in [1.29, 1.82) is 0 Å². The van der Waals surface area contributed by atoms with E-state index in [1.165, 1.54) is 5.57 Å². The Morgan fingerprint density at radius 3 is 2.42 bits per heavy atom. The molecule has 0 atom stereocenters. The van der Waals surface area contributed by atoms with Crippen LogP contribution in [0.3, 0.4) is 0 Å². The molecular formula is C10H20O2. The van der Waals surface area contributed by atoms with Gasteiger partial charge in [-0.1, -0.05) is 11.6 Å². The third-order valence-electron chi connectivity index (χ3n) is 1.80. The van der Waals surface area contributed by atoms with E-state index in [2.05, 4.69) is 0 Å². The Morgan fingerprint density at radius 1 is 1.42 bits per heavy atom. The predicted octanol–water partition coefficient (Wildman–Crippen LogP) is 1.87. The number of allylic oxidation sites excluding steroid dienone is 1. The summed E-state index contributed by atoms with van der Waals surface area (Å²) in [4.78, 5) is 0. The summed E-state index contributed by atoms with van der Waals surface area (Å²) in [7, 11) is 0. The summed E-state index contributed by atoms with van der Waals surface area (Å²) < 4.78 is 0. The number of hydrogen-bond acceptors (Lipinski definition) is 2. The van der Waals surface area contributed by atoms with Crippen molar-refractivity contribution in [3.8, 4) is 0 Å². The molecule has 0 radical (unpaired) electrons. The molecule has 12 heavy (non-hydrogen) atoms.